The van der Waals surface area contributed by atoms with Crippen LogP contribution in [0.3, 0.4) is 0 Å². The smallest absolute Gasteiger partial charge is 0.148 e. The van der Waals surface area contributed by atoms with E-state index in [0.29, 0.717) is 5.82 Å². The number of nitrogen functional groups attached to an aromatic ring is 1. The molecule has 2 N–H and O–H groups in total. The minimum absolute atomic E-state index is 0.686. The van der Waals surface area contributed by atoms with Crippen molar-refractivity contribution in [3.05, 3.63) is 11.8 Å². The molecule has 0 radical (unpaired) electrons. The Morgan fingerprint density at radius 1 is 1.69 bits per heavy atom. The zero-order chi connectivity index (χ0) is 9.05. The maximum Gasteiger partial charge on any atom is 0.148 e. The second-order valence-electron chi connectivity index (χ2n) is 4.68. The highest BCUT2D eigenvalue weighted by Gasteiger charge is 2.62. The lowest BCUT2D eigenvalue weighted by molar-refractivity contribution is 0.527. The lowest BCUT2D eigenvalue weighted by Gasteiger charge is -1.97. The van der Waals surface area contributed by atoms with E-state index in [4.69, 9.17) is 5.73 Å². The zero-order valence-electron chi connectivity index (χ0n) is 7.95. The molecule has 3 rings (SSSR count). The van der Waals surface area contributed by atoms with Crippen LogP contribution in [0.25, 0.3) is 0 Å². The van der Waals surface area contributed by atoms with Crippen LogP contribution in [0.4, 0.5) is 5.82 Å². The van der Waals surface area contributed by atoms with E-state index in [1.807, 2.05) is 11.6 Å². The largest absolute Gasteiger partial charge is 0.382 e. The van der Waals surface area contributed by atoms with E-state index >= 15 is 0 Å². The van der Waals surface area contributed by atoms with Gasteiger partial charge in [-0.3, -0.25) is 4.68 Å². The third kappa shape index (κ3) is 1.06. The topological polar surface area (TPSA) is 43.8 Å². The van der Waals surface area contributed by atoms with Crippen LogP contribution in [0.2, 0.25) is 0 Å². The van der Waals surface area contributed by atoms with E-state index in [-0.39, 0.29) is 0 Å². The van der Waals surface area contributed by atoms with Gasteiger partial charge in [0.1, 0.15) is 5.82 Å². The van der Waals surface area contributed by atoms with Gasteiger partial charge in [0.2, 0.25) is 0 Å². The van der Waals surface area contributed by atoms with Crippen molar-refractivity contribution in [2.24, 2.45) is 11.3 Å². The highest BCUT2D eigenvalue weighted by Crippen LogP contribution is 2.70. The first-order chi connectivity index (χ1) is 6.20. The average Bonchev–Trinajstić information content (AvgIpc) is 2.93. The average molecular weight is 177 g/mol. The Morgan fingerprint density at radius 3 is 2.92 bits per heavy atom. The van der Waals surface area contributed by atoms with Crippen molar-refractivity contribution in [1.29, 1.82) is 0 Å². The van der Waals surface area contributed by atoms with Crippen molar-refractivity contribution in [3.8, 4) is 0 Å². The molecular weight excluding hydrogens is 162 g/mol. The first-order valence-corrected chi connectivity index (χ1v) is 4.99. The molecule has 2 fully saturated rings. The molecule has 0 bridgehead atoms. The molecule has 0 saturated heterocycles. The molecule has 1 spiro atoms. The molecule has 70 valence electrons. The van der Waals surface area contributed by atoms with Gasteiger partial charge < -0.3 is 5.73 Å². The van der Waals surface area contributed by atoms with Crippen molar-refractivity contribution in [3.63, 3.8) is 0 Å². The molecule has 3 heteroatoms. The number of aromatic nitrogens is 2. The van der Waals surface area contributed by atoms with Gasteiger partial charge in [0.15, 0.2) is 0 Å². The standard InChI is InChI=1S/C10H15N3/c1-7-5-13(12-9(7)11)6-8-4-10(8)2-3-10/h5,8H,2-4,6H2,1H3,(H2,11,12). The fourth-order valence-electron chi connectivity index (χ4n) is 2.32. The summed E-state index contributed by atoms with van der Waals surface area (Å²) in [5.41, 5.74) is 7.56. The van der Waals surface area contributed by atoms with Crippen LogP contribution < -0.4 is 5.73 Å². The van der Waals surface area contributed by atoms with Crippen molar-refractivity contribution in [2.75, 3.05) is 5.73 Å². The maximum atomic E-state index is 5.69. The van der Waals surface area contributed by atoms with Crippen LogP contribution in [0, 0.1) is 18.3 Å². The Balaban J connectivity index is 1.72. The molecule has 0 aromatic carbocycles. The van der Waals surface area contributed by atoms with E-state index in [0.717, 1.165) is 23.4 Å². The van der Waals surface area contributed by atoms with Crippen LogP contribution in [0.15, 0.2) is 6.20 Å². The van der Waals surface area contributed by atoms with Crippen LogP contribution in [0.1, 0.15) is 24.8 Å². The molecule has 1 aromatic rings. The first kappa shape index (κ1) is 7.42. The summed E-state index contributed by atoms with van der Waals surface area (Å²) >= 11 is 0. The number of hydrogen-bond acceptors (Lipinski definition) is 2. The number of nitrogens with zero attached hydrogens (tertiary/aromatic N) is 2. The Morgan fingerprint density at radius 2 is 2.46 bits per heavy atom. The maximum absolute atomic E-state index is 5.69. The Hall–Kier alpha value is -0.990. The SMILES string of the molecule is Cc1cn(CC2CC23CC3)nc1N. The lowest BCUT2D eigenvalue weighted by Crippen LogP contribution is -2.02. The molecule has 2 saturated carbocycles. The highest BCUT2D eigenvalue weighted by molar-refractivity contribution is 5.35. The van der Waals surface area contributed by atoms with Gasteiger partial charge in [-0.1, -0.05) is 0 Å². The summed E-state index contributed by atoms with van der Waals surface area (Å²) < 4.78 is 2.02. The van der Waals surface area contributed by atoms with Gasteiger partial charge in [0.25, 0.3) is 0 Å². The lowest BCUT2D eigenvalue weighted by atomic mass is 10.3. The second kappa shape index (κ2) is 2.08. The third-order valence-corrected chi connectivity index (χ3v) is 3.64. The monoisotopic (exact) mass is 177 g/mol. The van der Waals surface area contributed by atoms with Gasteiger partial charge in [0, 0.05) is 18.3 Å². The number of aryl methyl sites for hydroxylation is 1. The number of anilines is 1. The molecular formula is C10H15N3. The van der Waals surface area contributed by atoms with Crippen LogP contribution in [-0.2, 0) is 6.54 Å². The zero-order valence-corrected chi connectivity index (χ0v) is 7.95. The Labute approximate surface area is 77.9 Å². The molecule has 13 heavy (non-hydrogen) atoms. The normalized spacial score (nSPS) is 27.9. The van der Waals surface area contributed by atoms with Gasteiger partial charge in [-0.15, -0.1) is 0 Å². The predicted octanol–water partition coefficient (Wildman–Crippen LogP) is 1.57. The van der Waals surface area contributed by atoms with Gasteiger partial charge in [-0.25, -0.2) is 0 Å². The molecule has 1 unspecified atom stereocenters. The number of nitrogens with two attached hydrogens (primary N) is 1. The van der Waals surface area contributed by atoms with Gasteiger partial charge >= 0.3 is 0 Å². The highest BCUT2D eigenvalue weighted by atomic mass is 15.3. The summed E-state index contributed by atoms with van der Waals surface area (Å²) in [5.74, 6) is 1.58. The van der Waals surface area contributed by atoms with Gasteiger partial charge in [0.05, 0.1) is 0 Å². The van der Waals surface area contributed by atoms with E-state index in [1.165, 1.54) is 19.3 Å². The predicted molar refractivity (Wildman–Crippen MR) is 51.2 cm³/mol. The molecule has 1 heterocycles. The van der Waals surface area contributed by atoms with Crippen LogP contribution >= 0.6 is 0 Å². The molecule has 0 aliphatic heterocycles. The third-order valence-electron chi connectivity index (χ3n) is 3.64. The van der Waals surface area contributed by atoms with Crippen molar-refractivity contribution < 1.29 is 0 Å². The van der Waals surface area contributed by atoms with Gasteiger partial charge in [-0.2, -0.15) is 5.10 Å². The van der Waals surface area contributed by atoms with Crippen LogP contribution in [0.5, 0.6) is 0 Å². The molecule has 2 aliphatic rings. The van der Waals surface area contributed by atoms with E-state index in [9.17, 15) is 0 Å². The van der Waals surface area contributed by atoms with Crippen molar-refractivity contribution in [1.82, 2.24) is 9.78 Å². The summed E-state index contributed by atoms with van der Waals surface area (Å²) in [7, 11) is 0. The van der Waals surface area contributed by atoms with Crippen molar-refractivity contribution >= 4 is 5.82 Å². The second-order valence-corrected chi connectivity index (χ2v) is 4.68. The van der Waals surface area contributed by atoms with Crippen molar-refractivity contribution in [2.45, 2.75) is 32.7 Å². The fraction of sp³-hybridized carbons (Fsp3) is 0.700. The molecule has 1 aromatic heterocycles. The fourth-order valence-corrected chi connectivity index (χ4v) is 2.32. The molecule has 2 aliphatic carbocycles. The first-order valence-electron chi connectivity index (χ1n) is 4.99. The Bertz CT molecular complexity index is 330. The number of hydrogen-bond donors (Lipinski definition) is 1. The van der Waals surface area contributed by atoms with E-state index in [1.54, 1.807) is 0 Å². The summed E-state index contributed by atoms with van der Waals surface area (Å²) in [5, 5.41) is 4.28. The summed E-state index contributed by atoms with van der Waals surface area (Å²) in [6.45, 7) is 3.09. The van der Waals surface area contributed by atoms with E-state index in [2.05, 4.69) is 11.3 Å². The number of rotatable bonds is 2. The minimum atomic E-state index is 0.686. The quantitative estimate of drug-likeness (QED) is 0.745. The summed E-state index contributed by atoms with van der Waals surface area (Å²) in [6.07, 6.45) is 6.39. The Kier molecular flexibility index (Phi) is 1.19. The summed E-state index contributed by atoms with van der Waals surface area (Å²) in [6, 6.07) is 0. The van der Waals surface area contributed by atoms with Crippen LogP contribution in [-0.4, -0.2) is 9.78 Å². The molecule has 0 amide bonds. The molecule has 3 nitrogen and oxygen atoms in total. The molecule has 1 atom stereocenters. The van der Waals surface area contributed by atoms with Gasteiger partial charge in [-0.05, 0) is 37.5 Å². The van der Waals surface area contributed by atoms with E-state index < -0.39 is 0 Å². The summed E-state index contributed by atoms with van der Waals surface area (Å²) in [4.78, 5) is 0. The minimum Gasteiger partial charge on any atom is -0.382 e.